The molecule has 0 atom stereocenters. The van der Waals surface area contributed by atoms with Crippen molar-refractivity contribution in [2.24, 2.45) is 5.92 Å². The first-order valence-electron chi connectivity index (χ1n) is 10.1. The van der Waals surface area contributed by atoms with Crippen LogP contribution in [0.4, 0.5) is 5.69 Å². The second-order valence-corrected chi connectivity index (χ2v) is 7.39. The average molecular weight is 402 g/mol. The van der Waals surface area contributed by atoms with Crippen molar-refractivity contribution in [2.45, 2.75) is 25.7 Å². The summed E-state index contributed by atoms with van der Waals surface area (Å²) in [6.45, 7) is 4.18. The Kier molecular flexibility index (Phi) is 9.48. The number of hydrogen-bond acceptors (Lipinski definition) is 3. The molecule has 0 saturated carbocycles. The number of nitrogens with zero attached hydrogens (tertiary/aromatic N) is 1. The van der Waals surface area contributed by atoms with Crippen LogP contribution in [0.3, 0.4) is 0 Å². The third-order valence-electron chi connectivity index (χ3n) is 5.45. The highest BCUT2D eigenvalue weighted by atomic mass is 35.5. The maximum Gasteiger partial charge on any atom is 0.225 e. The van der Waals surface area contributed by atoms with Crippen molar-refractivity contribution in [3.8, 4) is 11.1 Å². The van der Waals surface area contributed by atoms with Gasteiger partial charge in [0.1, 0.15) is 0 Å². The molecule has 28 heavy (non-hydrogen) atoms. The number of halogens is 1. The number of likely N-dealkylation sites (tertiary alicyclic amines) is 1. The maximum atomic E-state index is 12.5. The van der Waals surface area contributed by atoms with Crippen LogP contribution in [0.1, 0.15) is 25.7 Å². The molecule has 0 aliphatic carbocycles. The van der Waals surface area contributed by atoms with Crippen LogP contribution in [-0.2, 0) is 4.79 Å². The summed E-state index contributed by atoms with van der Waals surface area (Å²) < 4.78 is 0. The lowest BCUT2D eigenvalue weighted by Gasteiger charge is -2.31. The van der Waals surface area contributed by atoms with E-state index in [1.807, 2.05) is 43.4 Å². The van der Waals surface area contributed by atoms with Crippen molar-refractivity contribution in [1.29, 1.82) is 0 Å². The van der Waals surface area contributed by atoms with Crippen LogP contribution >= 0.6 is 12.4 Å². The summed E-state index contributed by atoms with van der Waals surface area (Å²) in [5.41, 5.74) is 3.08. The predicted molar refractivity (Wildman–Crippen MR) is 120 cm³/mol. The molecule has 0 spiro atoms. The third-order valence-corrected chi connectivity index (χ3v) is 5.45. The van der Waals surface area contributed by atoms with Crippen molar-refractivity contribution >= 4 is 24.0 Å². The highest BCUT2D eigenvalue weighted by molar-refractivity contribution is 5.95. The highest BCUT2D eigenvalue weighted by Crippen LogP contribution is 2.27. The Labute approximate surface area is 175 Å². The summed E-state index contributed by atoms with van der Waals surface area (Å²) in [6, 6.07) is 18.2. The van der Waals surface area contributed by atoms with E-state index in [9.17, 15) is 4.79 Å². The molecule has 2 aromatic rings. The normalized spacial score (nSPS) is 15.0. The van der Waals surface area contributed by atoms with E-state index in [-0.39, 0.29) is 18.3 Å². The van der Waals surface area contributed by atoms with Gasteiger partial charge < -0.3 is 15.5 Å². The van der Waals surface area contributed by atoms with Gasteiger partial charge in [-0.15, -0.1) is 12.4 Å². The molecule has 1 saturated heterocycles. The molecule has 3 rings (SSSR count). The minimum absolute atomic E-state index is 0. The van der Waals surface area contributed by atoms with E-state index in [4.69, 9.17) is 0 Å². The molecule has 1 amide bonds. The van der Waals surface area contributed by atoms with Gasteiger partial charge >= 0.3 is 0 Å². The number of piperidine rings is 1. The zero-order valence-corrected chi connectivity index (χ0v) is 17.5. The van der Waals surface area contributed by atoms with Crippen molar-refractivity contribution in [1.82, 2.24) is 10.2 Å². The highest BCUT2D eigenvalue weighted by Gasteiger charge is 2.19. The molecule has 2 N–H and O–H groups in total. The first-order valence-corrected chi connectivity index (χ1v) is 10.1. The number of carbonyl (C=O) groups is 1. The smallest absolute Gasteiger partial charge is 0.225 e. The molecule has 0 aromatic heterocycles. The van der Waals surface area contributed by atoms with Gasteiger partial charge in [-0.2, -0.15) is 0 Å². The van der Waals surface area contributed by atoms with E-state index in [1.54, 1.807) is 0 Å². The van der Waals surface area contributed by atoms with Gasteiger partial charge in [0.2, 0.25) is 5.91 Å². The molecule has 152 valence electrons. The first kappa shape index (κ1) is 22.4. The molecular formula is C23H32ClN3O. The van der Waals surface area contributed by atoms with Crippen LogP contribution in [0.5, 0.6) is 0 Å². The zero-order valence-electron chi connectivity index (χ0n) is 16.7. The number of nitrogens with one attached hydrogen (secondary N) is 2. The summed E-state index contributed by atoms with van der Waals surface area (Å²) in [7, 11) is 2.02. The Morgan fingerprint density at radius 3 is 2.43 bits per heavy atom. The van der Waals surface area contributed by atoms with Gasteiger partial charge in [0.15, 0.2) is 0 Å². The van der Waals surface area contributed by atoms with Gasteiger partial charge in [-0.05, 0) is 63.5 Å². The van der Waals surface area contributed by atoms with Gasteiger partial charge in [0.25, 0.3) is 0 Å². The SMILES string of the molecule is CNCCC1CCN(CCC(=O)Nc2ccccc2-c2ccccc2)CC1.Cl. The lowest BCUT2D eigenvalue weighted by molar-refractivity contribution is -0.116. The van der Waals surface area contributed by atoms with Gasteiger partial charge in [0, 0.05) is 24.2 Å². The van der Waals surface area contributed by atoms with Crippen LogP contribution in [0.25, 0.3) is 11.1 Å². The standard InChI is InChI=1S/C23H31N3O.ClH/c1-24-15-11-19-12-16-26(17-13-19)18-14-23(27)25-22-10-6-5-9-21(22)20-7-3-2-4-8-20;/h2-10,19,24H,11-18H2,1H3,(H,25,27);1H. The fraction of sp³-hybridized carbons (Fsp3) is 0.435. The van der Waals surface area contributed by atoms with E-state index < -0.39 is 0 Å². The fourth-order valence-electron chi connectivity index (χ4n) is 3.78. The molecule has 2 aromatic carbocycles. The topological polar surface area (TPSA) is 44.4 Å². The number of benzene rings is 2. The summed E-state index contributed by atoms with van der Waals surface area (Å²) in [6.07, 6.45) is 4.31. The molecule has 1 aliphatic heterocycles. The summed E-state index contributed by atoms with van der Waals surface area (Å²) in [5, 5.41) is 6.35. The second-order valence-electron chi connectivity index (χ2n) is 7.39. The number of anilines is 1. The molecular weight excluding hydrogens is 370 g/mol. The predicted octanol–water partition coefficient (Wildman–Crippen LogP) is 4.43. The van der Waals surface area contributed by atoms with E-state index in [2.05, 4.69) is 33.7 Å². The summed E-state index contributed by atoms with van der Waals surface area (Å²) in [4.78, 5) is 14.9. The van der Waals surface area contributed by atoms with Gasteiger partial charge in [-0.3, -0.25) is 4.79 Å². The fourth-order valence-corrected chi connectivity index (χ4v) is 3.78. The van der Waals surface area contributed by atoms with E-state index in [0.29, 0.717) is 6.42 Å². The largest absolute Gasteiger partial charge is 0.325 e. The third kappa shape index (κ3) is 6.62. The van der Waals surface area contributed by atoms with Crippen LogP contribution in [-0.4, -0.2) is 44.0 Å². The van der Waals surface area contributed by atoms with Crippen molar-refractivity contribution in [2.75, 3.05) is 38.5 Å². The Morgan fingerprint density at radius 2 is 1.71 bits per heavy atom. The molecule has 0 radical (unpaired) electrons. The Morgan fingerprint density at radius 1 is 1.04 bits per heavy atom. The Bertz CT molecular complexity index is 715. The second kappa shape index (κ2) is 11.8. The van der Waals surface area contributed by atoms with Gasteiger partial charge in [0.05, 0.1) is 0 Å². The van der Waals surface area contributed by atoms with E-state index in [1.165, 1.54) is 19.3 Å². The van der Waals surface area contributed by atoms with Crippen molar-refractivity contribution < 1.29 is 4.79 Å². The van der Waals surface area contributed by atoms with Crippen LogP contribution < -0.4 is 10.6 Å². The summed E-state index contributed by atoms with van der Waals surface area (Å²) in [5.74, 6) is 0.927. The molecule has 1 aliphatic rings. The monoisotopic (exact) mass is 401 g/mol. The zero-order chi connectivity index (χ0) is 18.9. The number of amides is 1. The molecule has 1 fully saturated rings. The van der Waals surface area contributed by atoms with E-state index in [0.717, 1.165) is 48.9 Å². The summed E-state index contributed by atoms with van der Waals surface area (Å²) >= 11 is 0. The molecule has 0 unspecified atom stereocenters. The van der Waals surface area contributed by atoms with Crippen molar-refractivity contribution in [3.63, 3.8) is 0 Å². The minimum atomic E-state index is 0. The quantitative estimate of drug-likeness (QED) is 0.687. The molecule has 4 nitrogen and oxygen atoms in total. The number of carbonyl (C=O) groups excluding carboxylic acids is 1. The van der Waals surface area contributed by atoms with E-state index >= 15 is 0 Å². The maximum absolute atomic E-state index is 12.5. The molecule has 5 heteroatoms. The molecule has 1 heterocycles. The van der Waals surface area contributed by atoms with Crippen molar-refractivity contribution in [3.05, 3.63) is 54.6 Å². The Hall–Kier alpha value is -1.88. The van der Waals surface area contributed by atoms with Crippen LogP contribution in [0.2, 0.25) is 0 Å². The minimum Gasteiger partial charge on any atom is -0.325 e. The first-order chi connectivity index (χ1) is 13.3. The van der Waals surface area contributed by atoms with Crippen LogP contribution in [0, 0.1) is 5.92 Å². The lowest BCUT2D eigenvalue weighted by Crippen LogP contribution is -2.36. The number of rotatable bonds is 8. The lowest BCUT2D eigenvalue weighted by atomic mass is 9.93. The van der Waals surface area contributed by atoms with Gasteiger partial charge in [-0.1, -0.05) is 48.5 Å². The number of para-hydroxylation sites is 1. The molecule has 0 bridgehead atoms. The Balaban J connectivity index is 0.00000280. The average Bonchev–Trinajstić information content (AvgIpc) is 2.72. The van der Waals surface area contributed by atoms with Gasteiger partial charge in [-0.25, -0.2) is 0 Å². The number of hydrogen-bond donors (Lipinski definition) is 2. The van der Waals surface area contributed by atoms with Crippen LogP contribution in [0.15, 0.2) is 54.6 Å².